The monoisotopic (exact) mass is 576 g/mol. The van der Waals surface area contributed by atoms with E-state index in [0.717, 1.165) is 48.1 Å². The predicted octanol–water partition coefficient (Wildman–Crippen LogP) is 3.85. The highest BCUT2D eigenvalue weighted by Gasteiger charge is 2.13. The molecule has 8 nitrogen and oxygen atoms in total. The summed E-state index contributed by atoms with van der Waals surface area (Å²) in [7, 11) is 0. The Morgan fingerprint density at radius 3 is 2.68 bits per heavy atom. The van der Waals surface area contributed by atoms with Crippen molar-refractivity contribution in [2.75, 3.05) is 19.9 Å². The summed E-state index contributed by atoms with van der Waals surface area (Å²) in [5.74, 6) is 2.88. The molecule has 0 bridgehead atoms. The number of carbonyl (C=O) groups excluding carboxylic acids is 1. The maximum atomic E-state index is 12.4. The van der Waals surface area contributed by atoms with Crippen molar-refractivity contribution in [1.29, 1.82) is 0 Å². The van der Waals surface area contributed by atoms with E-state index in [4.69, 9.17) is 13.9 Å². The molecule has 0 unspecified atom stereocenters. The molecule has 0 radical (unpaired) electrons. The minimum Gasteiger partial charge on any atom is -0.467 e. The van der Waals surface area contributed by atoms with Gasteiger partial charge in [-0.05, 0) is 60.9 Å². The Kier molecular flexibility index (Phi) is 9.62. The fourth-order valence-electron chi connectivity index (χ4n) is 3.43. The summed E-state index contributed by atoms with van der Waals surface area (Å²) in [6.07, 6.45) is 2.41. The number of hydrogen-bond acceptors (Lipinski definition) is 5. The third-order valence-corrected chi connectivity index (χ3v) is 5.10. The van der Waals surface area contributed by atoms with E-state index in [1.807, 2.05) is 49.4 Å². The molecule has 1 aliphatic heterocycles. The van der Waals surface area contributed by atoms with Crippen molar-refractivity contribution < 1.29 is 18.7 Å². The van der Waals surface area contributed by atoms with Crippen molar-refractivity contribution in [3.8, 4) is 11.5 Å². The number of hydrogen-bond donors (Lipinski definition) is 3. The summed E-state index contributed by atoms with van der Waals surface area (Å²) in [4.78, 5) is 17.1. The first-order valence-electron chi connectivity index (χ1n) is 11.0. The van der Waals surface area contributed by atoms with Gasteiger partial charge in [-0.2, -0.15) is 0 Å². The largest absolute Gasteiger partial charge is 0.467 e. The summed E-state index contributed by atoms with van der Waals surface area (Å²) >= 11 is 0. The zero-order chi connectivity index (χ0) is 22.9. The Labute approximate surface area is 216 Å². The minimum absolute atomic E-state index is 0. The molecule has 1 aromatic heterocycles. The van der Waals surface area contributed by atoms with E-state index in [0.29, 0.717) is 24.4 Å². The molecule has 3 N–H and O–H groups in total. The predicted molar refractivity (Wildman–Crippen MR) is 141 cm³/mol. The standard InChI is InChI=1S/C25H28N4O4.HI/c1-2-26-25(27-11-10-18-8-9-22-23(14-18)33-17-32-22)29-15-19-5-3-6-20(13-19)24(30)28-16-21-7-4-12-31-21;/h3-9,12-14H,2,10-11,15-17H2,1H3,(H,28,30)(H2,26,27,29);1H. The van der Waals surface area contributed by atoms with Crippen LogP contribution in [-0.4, -0.2) is 31.7 Å². The lowest BCUT2D eigenvalue weighted by molar-refractivity contribution is 0.0948. The summed E-state index contributed by atoms with van der Waals surface area (Å²) in [5.41, 5.74) is 2.71. The Balaban J connectivity index is 0.00000324. The van der Waals surface area contributed by atoms with E-state index in [1.165, 1.54) is 0 Å². The lowest BCUT2D eigenvalue weighted by atomic mass is 10.1. The topological polar surface area (TPSA) is 97.1 Å². The average molecular weight is 576 g/mol. The smallest absolute Gasteiger partial charge is 0.251 e. The number of nitrogens with one attached hydrogen (secondary N) is 3. The molecule has 0 spiro atoms. The van der Waals surface area contributed by atoms with Crippen LogP contribution in [0.1, 0.15) is 34.2 Å². The molecule has 3 aromatic rings. The highest BCUT2D eigenvalue weighted by atomic mass is 127. The maximum Gasteiger partial charge on any atom is 0.251 e. The van der Waals surface area contributed by atoms with Crippen molar-refractivity contribution in [3.05, 3.63) is 83.3 Å². The van der Waals surface area contributed by atoms with Crippen molar-refractivity contribution in [2.24, 2.45) is 4.99 Å². The average Bonchev–Trinajstić information content (AvgIpc) is 3.53. The molecule has 4 rings (SSSR count). The normalized spacial score (nSPS) is 12.1. The van der Waals surface area contributed by atoms with Crippen molar-refractivity contribution >= 4 is 35.8 Å². The molecule has 9 heteroatoms. The molecule has 180 valence electrons. The Morgan fingerprint density at radius 2 is 1.85 bits per heavy atom. The molecular formula is C25H29IN4O4. The quantitative estimate of drug-likeness (QED) is 0.204. The van der Waals surface area contributed by atoms with Crippen LogP contribution in [0.15, 0.2) is 70.3 Å². The summed E-state index contributed by atoms with van der Waals surface area (Å²) < 4.78 is 16.1. The van der Waals surface area contributed by atoms with Crippen LogP contribution >= 0.6 is 24.0 Å². The first-order valence-corrected chi connectivity index (χ1v) is 11.0. The highest BCUT2D eigenvalue weighted by molar-refractivity contribution is 14.0. The van der Waals surface area contributed by atoms with Crippen LogP contribution in [0, 0.1) is 0 Å². The van der Waals surface area contributed by atoms with E-state index >= 15 is 0 Å². The Bertz CT molecular complexity index is 1100. The second-order valence-electron chi connectivity index (χ2n) is 7.52. The molecule has 0 atom stereocenters. The highest BCUT2D eigenvalue weighted by Crippen LogP contribution is 2.32. The van der Waals surface area contributed by atoms with Gasteiger partial charge in [-0.1, -0.05) is 18.2 Å². The molecule has 0 fully saturated rings. The first-order chi connectivity index (χ1) is 16.2. The number of benzene rings is 2. The zero-order valence-corrected chi connectivity index (χ0v) is 21.3. The number of halogens is 1. The van der Waals surface area contributed by atoms with Crippen molar-refractivity contribution in [3.63, 3.8) is 0 Å². The van der Waals surface area contributed by atoms with Gasteiger partial charge in [0.1, 0.15) is 5.76 Å². The molecule has 0 aliphatic carbocycles. The summed E-state index contributed by atoms with van der Waals surface area (Å²) in [5, 5.41) is 9.48. The van der Waals surface area contributed by atoms with Gasteiger partial charge < -0.3 is 29.8 Å². The van der Waals surface area contributed by atoms with Crippen LogP contribution in [0.5, 0.6) is 11.5 Å². The van der Waals surface area contributed by atoms with Crippen LogP contribution in [-0.2, 0) is 19.5 Å². The molecule has 0 saturated heterocycles. The van der Waals surface area contributed by atoms with Gasteiger partial charge in [-0.3, -0.25) is 4.79 Å². The van der Waals surface area contributed by atoms with Gasteiger partial charge in [0, 0.05) is 18.7 Å². The second kappa shape index (κ2) is 12.9. The van der Waals surface area contributed by atoms with Crippen molar-refractivity contribution in [2.45, 2.75) is 26.4 Å². The van der Waals surface area contributed by atoms with Gasteiger partial charge in [-0.15, -0.1) is 24.0 Å². The van der Waals surface area contributed by atoms with Crippen LogP contribution < -0.4 is 25.4 Å². The van der Waals surface area contributed by atoms with Gasteiger partial charge in [0.05, 0.1) is 19.4 Å². The van der Waals surface area contributed by atoms with E-state index in [2.05, 4.69) is 20.9 Å². The van der Waals surface area contributed by atoms with E-state index in [9.17, 15) is 4.79 Å². The van der Waals surface area contributed by atoms with Gasteiger partial charge >= 0.3 is 0 Å². The molecular weight excluding hydrogens is 547 g/mol. The summed E-state index contributed by atoms with van der Waals surface area (Å²) in [6.45, 7) is 4.59. The Morgan fingerprint density at radius 1 is 0.971 bits per heavy atom. The van der Waals surface area contributed by atoms with Crippen molar-refractivity contribution in [1.82, 2.24) is 16.0 Å². The number of aliphatic imine (C=N–C) groups is 1. The Hall–Kier alpha value is -3.21. The fraction of sp³-hybridized carbons (Fsp3) is 0.280. The second-order valence-corrected chi connectivity index (χ2v) is 7.52. The number of guanidine groups is 1. The number of amides is 1. The zero-order valence-electron chi connectivity index (χ0n) is 19.0. The number of carbonyl (C=O) groups is 1. The number of rotatable bonds is 9. The van der Waals surface area contributed by atoms with Gasteiger partial charge in [0.2, 0.25) is 6.79 Å². The number of nitrogens with zero attached hydrogens (tertiary/aromatic N) is 1. The van der Waals surface area contributed by atoms with Crippen LogP contribution in [0.4, 0.5) is 0 Å². The molecule has 2 heterocycles. The van der Waals surface area contributed by atoms with Gasteiger partial charge in [0.15, 0.2) is 17.5 Å². The van der Waals surface area contributed by atoms with Gasteiger partial charge in [0.25, 0.3) is 5.91 Å². The van der Waals surface area contributed by atoms with Gasteiger partial charge in [-0.25, -0.2) is 4.99 Å². The molecule has 1 amide bonds. The number of fused-ring (bicyclic) bond motifs is 1. The minimum atomic E-state index is -0.147. The maximum absolute atomic E-state index is 12.4. The molecule has 1 aliphatic rings. The SMILES string of the molecule is CCNC(=NCc1cccc(C(=O)NCc2ccco2)c1)NCCc1ccc2c(c1)OCO2.I. The third kappa shape index (κ3) is 7.14. The van der Waals surface area contributed by atoms with Crippen LogP contribution in [0.25, 0.3) is 0 Å². The lowest BCUT2D eigenvalue weighted by Gasteiger charge is -2.12. The van der Waals surface area contributed by atoms with Crippen LogP contribution in [0.3, 0.4) is 0 Å². The van der Waals surface area contributed by atoms with Crippen LogP contribution in [0.2, 0.25) is 0 Å². The molecule has 34 heavy (non-hydrogen) atoms. The number of ether oxygens (including phenoxy) is 2. The first kappa shape index (κ1) is 25.4. The molecule has 0 saturated carbocycles. The van der Waals surface area contributed by atoms with E-state index in [1.54, 1.807) is 18.4 Å². The third-order valence-electron chi connectivity index (χ3n) is 5.10. The van der Waals surface area contributed by atoms with E-state index in [-0.39, 0.29) is 36.7 Å². The summed E-state index contributed by atoms with van der Waals surface area (Å²) in [6, 6.07) is 17.1. The van der Waals surface area contributed by atoms with E-state index < -0.39 is 0 Å². The molecule has 2 aromatic carbocycles. The number of furan rings is 1. The fourth-order valence-corrected chi connectivity index (χ4v) is 3.43. The lowest BCUT2D eigenvalue weighted by Crippen LogP contribution is -2.38.